The van der Waals surface area contributed by atoms with Crippen molar-refractivity contribution in [3.05, 3.63) is 28.2 Å². The normalized spacial score (nSPS) is 24.4. The van der Waals surface area contributed by atoms with Gasteiger partial charge in [0.1, 0.15) is 0 Å². The first-order valence-electron chi connectivity index (χ1n) is 5.94. The minimum Gasteiger partial charge on any atom is -0.326 e. The third-order valence-electron chi connectivity index (χ3n) is 3.32. The molecule has 18 heavy (non-hydrogen) atoms. The van der Waals surface area contributed by atoms with Crippen LogP contribution < -0.4 is 10.5 Å². The highest BCUT2D eigenvalue weighted by atomic mass is 79.9. The molecule has 2 atom stereocenters. The Labute approximate surface area is 116 Å². The molecule has 6 heteroatoms. The lowest BCUT2D eigenvalue weighted by molar-refractivity contribution is 0.522. The van der Waals surface area contributed by atoms with Crippen molar-refractivity contribution in [2.24, 2.45) is 5.73 Å². The van der Waals surface area contributed by atoms with E-state index in [4.69, 9.17) is 5.73 Å². The van der Waals surface area contributed by atoms with E-state index in [9.17, 15) is 8.42 Å². The molecule has 1 saturated carbocycles. The molecule has 0 bridgehead atoms. The van der Waals surface area contributed by atoms with Gasteiger partial charge in [0.25, 0.3) is 0 Å². The SMILES string of the molecule is Cc1ccc(Br)cc1S(=O)(=O)NC1CCCC1N. The quantitative estimate of drug-likeness (QED) is 0.888. The molecule has 0 radical (unpaired) electrons. The van der Waals surface area contributed by atoms with Crippen molar-refractivity contribution in [2.45, 2.75) is 43.2 Å². The maximum atomic E-state index is 12.3. The largest absolute Gasteiger partial charge is 0.326 e. The summed E-state index contributed by atoms with van der Waals surface area (Å²) in [5.41, 5.74) is 6.63. The number of rotatable bonds is 3. The molecule has 0 heterocycles. The number of nitrogens with two attached hydrogens (primary N) is 1. The fraction of sp³-hybridized carbons (Fsp3) is 0.500. The van der Waals surface area contributed by atoms with Crippen molar-refractivity contribution in [1.29, 1.82) is 0 Å². The van der Waals surface area contributed by atoms with Crippen LogP contribution in [0.25, 0.3) is 0 Å². The molecule has 0 spiro atoms. The molecule has 2 unspecified atom stereocenters. The maximum Gasteiger partial charge on any atom is 0.241 e. The third kappa shape index (κ3) is 2.93. The van der Waals surface area contributed by atoms with E-state index >= 15 is 0 Å². The molecule has 1 fully saturated rings. The summed E-state index contributed by atoms with van der Waals surface area (Å²) in [4.78, 5) is 0.316. The number of sulfonamides is 1. The highest BCUT2D eigenvalue weighted by Gasteiger charge is 2.29. The molecule has 1 aliphatic rings. The molecule has 4 nitrogen and oxygen atoms in total. The maximum absolute atomic E-state index is 12.3. The average molecular weight is 333 g/mol. The Morgan fingerprint density at radius 3 is 2.72 bits per heavy atom. The van der Waals surface area contributed by atoms with E-state index < -0.39 is 10.0 Å². The van der Waals surface area contributed by atoms with Gasteiger partial charge in [0.05, 0.1) is 4.90 Å². The van der Waals surface area contributed by atoms with Crippen LogP contribution in [0.4, 0.5) is 0 Å². The van der Waals surface area contributed by atoms with E-state index in [1.807, 2.05) is 6.07 Å². The van der Waals surface area contributed by atoms with Crippen molar-refractivity contribution in [3.8, 4) is 0 Å². The molecule has 2 rings (SSSR count). The highest BCUT2D eigenvalue weighted by molar-refractivity contribution is 9.10. The van der Waals surface area contributed by atoms with E-state index in [2.05, 4.69) is 20.7 Å². The van der Waals surface area contributed by atoms with Crippen LogP contribution in [0.15, 0.2) is 27.6 Å². The van der Waals surface area contributed by atoms with Gasteiger partial charge in [0.2, 0.25) is 10.0 Å². The van der Waals surface area contributed by atoms with Crippen LogP contribution >= 0.6 is 15.9 Å². The van der Waals surface area contributed by atoms with Crippen molar-refractivity contribution < 1.29 is 8.42 Å². The van der Waals surface area contributed by atoms with Crippen LogP contribution in [0, 0.1) is 6.92 Å². The summed E-state index contributed by atoms with van der Waals surface area (Å²) in [7, 11) is -3.49. The Bertz CT molecular complexity index is 545. The summed E-state index contributed by atoms with van der Waals surface area (Å²) in [5, 5.41) is 0. The number of benzene rings is 1. The van der Waals surface area contributed by atoms with Gasteiger partial charge in [-0.15, -0.1) is 0 Å². The number of nitrogens with one attached hydrogen (secondary N) is 1. The second kappa shape index (κ2) is 5.28. The van der Waals surface area contributed by atoms with E-state index in [1.165, 1.54) is 0 Å². The Balaban J connectivity index is 2.28. The van der Waals surface area contributed by atoms with E-state index in [-0.39, 0.29) is 12.1 Å². The monoisotopic (exact) mass is 332 g/mol. The van der Waals surface area contributed by atoms with Gasteiger partial charge >= 0.3 is 0 Å². The van der Waals surface area contributed by atoms with E-state index in [0.717, 1.165) is 29.3 Å². The van der Waals surface area contributed by atoms with Gasteiger partial charge in [0.15, 0.2) is 0 Å². The van der Waals surface area contributed by atoms with Gasteiger partial charge in [-0.05, 0) is 37.5 Å². The standard InChI is InChI=1S/C12H17BrN2O2S/c1-8-5-6-9(13)7-12(8)18(16,17)15-11-4-2-3-10(11)14/h5-7,10-11,15H,2-4,14H2,1H3. The van der Waals surface area contributed by atoms with Crippen molar-refractivity contribution in [1.82, 2.24) is 4.72 Å². The molecule has 100 valence electrons. The predicted molar refractivity (Wildman–Crippen MR) is 74.8 cm³/mol. The summed E-state index contributed by atoms with van der Waals surface area (Å²) >= 11 is 3.30. The Morgan fingerprint density at radius 2 is 2.11 bits per heavy atom. The summed E-state index contributed by atoms with van der Waals surface area (Å²) in [5.74, 6) is 0. The first-order valence-corrected chi connectivity index (χ1v) is 8.22. The van der Waals surface area contributed by atoms with Gasteiger partial charge in [0, 0.05) is 16.6 Å². The van der Waals surface area contributed by atoms with Gasteiger partial charge in [-0.25, -0.2) is 13.1 Å². The summed E-state index contributed by atoms with van der Waals surface area (Å²) in [6.45, 7) is 1.79. The first-order chi connectivity index (χ1) is 8.40. The van der Waals surface area contributed by atoms with Crippen LogP contribution in [-0.4, -0.2) is 20.5 Å². The van der Waals surface area contributed by atoms with Crippen LogP contribution in [0.5, 0.6) is 0 Å². The molecular weight excluding hydrogens is 316 g/mol. The molecule has 1 aliphatic carbocycles. The molecule has 0 aromatic heterocycles. The topological polar surface area (TPSA) is 72.2 Å². The zero-order chi connectivity index (χ0) is 13.3. The highest BCUT2D eigenvalue weighted by Crippen LogP contribution is 2.23. The lowest BCUT2D eigenvalue weighted by atomic mass is 10.2. The minimum atomic E-state index is -3.49. The van der Waals surface area contributed by atoms with Crippen molar-refractivity contribution >= 4 is 26.0 Å². The van der Waals surface area contributed by atoms with Crippen LogP contribution in [0.2, 0.25) is 0 Å². The second-order valence-electron chi connectivity index (χ2n) is 4.73. The minimum absolute atomic E-state index is 0.0766. The van der Waals surface area contributed by atoms with Gasteiger partial charge in [-0.3, -0.25) is 0 Å². The molecule has 0 saturated heterocycles. The first kappa shape index (κ1) is 14.0. The van der Waals surface area contributed by atoms with Crippen molar-refractivity contribution in [2.75, 3.05) is 0 Å². The molecule has 1 aromatic rings. The zero-order valence-corrected chi connectivity index (χ0v) is 12.6. The van der Waals surface area contributed by atoms with E-state index in [1.54, 1.807) is 19.1 Å². The fourth-order valence-electron chi connectivity index (χ4n) is 2.26. The number of halogens is 1. The van der Waals surface area contributed by atoms with Crippen molar-refractivity contribution in [3.63, 3.8) is 0 Å². The number of hydrogen-bond acceptors (Lipinski definition) is 3. The molecule has 3 N–H and O–H groups in total. The number of aryl methyl sites for hydroxylation is 1. The summed E-state index contributed by atoms with van der Waals surface area (Å²) in [6, 6.07) is 5.02. The van der Waals surface area contributed by atoms with E-state index in [0.29, 0.717) is 4.90 Å². The Morgan fingerprint density at radius 1 is 1.39 bits per heavy atom. The van der Waals surface area contributed by atoms with Gasteiger partial charge < -0.3 is 5.73 Å². The molecule has 0 amide bonds. The van der Waals surface area contributed by atoms with Crippen LogP contribution in [0.3, 0.4) is 0 Å². The molecule has 1 aromatic carbocycles. The smallest absolute Gasteiger partial charge is 0.241 e. The zero-order valence-electron chi connectivity index (χ0n) is 10.2. The lowest BCUT2D eigenvalue weighted by Gasteiger charge is -2.18. The number of hydrogen-bond donors (Lipinski definition) is 2. The summed E-state index contributed by atoms with van der Waals surface area (Å²) < 4.78 is 28.1. The second-order valence-corrected chi connectivity index (χ2v) is 7.33. The van der Waals surface area contributed by atoms with Gasteiger partial charge in [-0.2, -0.15) is 0 Å². The third-order valence-corrected chi connectivity index (χ3v) is 5.44. The van der Waals surface area contributed by atoms with Crippen LogP contribution in [-0.2, 0) is 10.0 Å². The predicted octanol–water partition coefficient (Wildman–Crippen LogP) is 1.92. The Hall–Kier alpha value is -0.430. The van der Waals surface area contributed by atoms with Crippen LogP contribution in [0.1, 0.15) is 24.8 Å². The fourth-order valence-corrected chi connectivity index (χ4v) is 4.37. The average Bonchev–Trinajstić information content (AvgIpc) is 2.67. The molecular formula is C12H17BrN2O2S. The Kier molecular flexibility index (Phi) is 4.11. The van der Waals surface area contributed by atoms with Gasteiger partial charge in [-0.1, -0.05) is 28.4 Å². The molecule has 0 aliphatic heterocycles. The summed E-state index contributed by atoms with van der Waals surface area (Å²) in [6.07, 6.45) is 2.67. The lowest BCUT2D eigenvalue weighted by Crippen LogP contribution is -2.44.